The maximum absolute atomic E-state index is 12.6. The zero-order chi connectivity index (χ0) is 19.3. The first-order valence-corrected chi connectivity index (χ1v) is 9.02. The molecule has 1 amide bonds. The normalized spacial score (nSPS) is 10.8. The van der Waals surface area contributed by atoms with E-state index < -0.39 is 0 Å². The van der Waals surface area contributed by atoms with Crippen LogP contribution in [0.1, 0.15) is 10.4 Å². The van der Waals surface area contributed by atoms with Gasteiger partial charge in [0.2, 0.25) is 0 Å². The molecule has 140 valence electrons. The predicted octanol–water partition coefficient (Wildman–Crippen LogP) is 2.87. The first kappa shape index (κ1) is 17.7. The third-order valence-electron chi connectivity index (χ3n) is 4.34. The second-order valence-corrected chi connectivity index (χ2v) is 6.37. The van der Waals surface area contributed by atoms with Crippen molar-refractivity contribution in [3.63, 3.8) is 0 Å². The number of hydrogen-bond acceptors (Lipinski definition) is 5. The van der Waals surface area contributed by atoms with Gasteiger partial charge in [-0.15, -0.1) is 0 Å². The van der Waals surface area contributed by atoms with Crippen LogP contribution < -0.4 is 10.6 Å². The van der Waals surface area contributed by atoms with Crippen LogP contribution in [0, 0.1) is 0 Å². The lowest BCUT2D eigenvalue weighted by Gasteiger charge is -2.08. The minimum absolute atomic E-state index is 0.159. The molecule has 0 fully saturated rings. The Labute approximate surface area is 162 Å². The molecule has 0 aliphatic rings. The maximum Gasteiger partial charge on any atom is 0.255 e. The molecule has 0 unspecified atom stereocenters. The third-order valence-corrected chi connectivity index (χ3v) is 4.34. The molecule has 0 atom stereocenters. The van der Waals surface area contributed by atoms with Gasteiger partial charge in [0, 0.05) is 49.7 Å². The molecule has 0 aliphatic carbocycles. The summed E-state index contributed by atoms with van der Waals surface area (Å²) in [6, 6.07) is 15.6. The molecule has 7 heteroatoms. The van der Waals surface area contributed by atoms with Gasteiger partial charge in [0.05, 0.1) is 11.1 Å². The number of anilines is 1. The molecule has 7 nitrogen and oxygen atoms in total. The molecular weight excluding hydrogens is 352 g/mol. The molecule has 0 saturated heterocycles. The van der Waals surface area contributed by atoms with Crippen LogP contribution in [0.4, 0.5) is 5.82 Å². The SMILES string of the molecule is Cn1cc(C(=O)NCCNc2ccc3ccccc3n2)c(-c2ccncc2)n1. The van der Waals surface area contributed by atoms with E-state index in [2.05, 4.69) is 25.7 Å². The number of nitrogens with zero attached hydrogens (tertiary/aromatic N) is 4. The summed E-state index contributed by atoms with van der Waals surface area (Å²) in [6.07, 6.45) is 5.10. The molecule has 0 radical (unpaired) electrons. The van der Waals surface area contributed by atoms with Crippen molar-refractivity contribution in [2.75, 3.05) is 18.4 Å². The lowest BCUT2D eigenvalue weighted by atomic mass is 10.1. The first-order chi connectivity index (χ1) is 13.7. The van der Waals surface area contributed by atoms with E-state index in [1.807, 2.05) is 48.5 Å². The monoisotopic (exact) mass is 372 g/mol. The van der Waals surface area contributed by atoms with Gasteiger partial charge in [-0.1, -0.05) is 18.2 Å². The highest BCUT2D eigenvalue weighted by molar-refractivity contribution is 5.99. The smallest absolute Gasteiger partial charge is 0.255 e. The summed E-state index contributed by atoms with van der Waals surface area (Å²) >= 11 is 0. The first-order valence-electron chi connectivity index (χ1n) is 9.02. The van der Waals surface area contributed by atoms with Crippen molar-refractivity contribution in [3.8, 4) is 11.3 Å². The Morgan fingerprint density at radius 3 is 2.71 bits per heavy atom. The summed E-state index contributed by atoms with van der Waals surface area (Å²) in [5.74, 6) is 0.625. The molecule has 0 bridgehead atoms. The minimum Gasteiger partial charge on any atom is -0.368 e. The van der Waals surface area contributed by atoms with Crippen molar-refractivity contribution in [1.29, 1.82) is 0 Å². The largest absolute Gasteiger partial charge is 0.368 e. The number of aryl methyl sites for hydroxylation is 1. The number of nitrogens with one attached hydrogen (secondary N) is 2. The molecule has 0 saturated carbocycles. The highest BCUT2D eigenvalue weighted by Crippen LogP contribution is 2.21. The molecular formula is C21H20N6O. The highest BCUT2D eigenvalue weighted by Gasteiger charge is 2.16. The van der Waals surface area contributed by atoms with E-state index in [0.717, 1.165) is 22.3 Å². The van der Waals surface area contributed by atoms with E-state index >= 15 is 0 Å². The second kappa shape index (κ2) is 7.87. The van der Waals surface area contributed by atoms with Crippen molar-refractivity contribution >= 4 is 22.6 Å². The fourth-order valence-electron chi connectivity index (χ4n) is 3.00. The molecule has 4 aromatic rings. The third kappa shape index (κ3) is 3.83. The number of amides is 1. The molecule has 0 aliphatic heterocycles. The van der Waals surface area contributed by atoms with Gasteiger partial charge in [-0.25, -0.2) is 4.98 Å². The van der Waals surface area contributed by atoms with Crippen LogP contribution in [0.3, 0.4) is 0 Å². The zero-order valence-electron chi connectivity index (χ0n) is 15.5. The van der Waals surface area contributed by atoms with Crippen LogP contribution in [0.25, 0.3) is 22.2 Å². The summed E-state index contributed by atoms with van der Waals surface area (Å²) < 4.78 is 1.64. The van der Waals surface area contributed by atoms with Crippen molar-refractivity contribution in [2.24, 2.45) is 7.05 Å². The summed E-state index contributed by atoms with van der Waals surface area (Å²) in [7, 11) is 1.80. The quantitative estimate of drug-likeness (QED) is 0.509. The van der Waals surface area contributed by atoms with E-state index in [4.69, 9.17) is 0 Å². The molecule has 3 heterocycles. The van der Waals surface area contributed by atoms with Crippen molar-refractivity contribution < 1.29 is 4.79 Å². The summed E-state index contributed by atoms with van der Waals surface area (Å²) in [5, 5.41) is 11.7. The predicted molar refractivity (Wildman–Crippen MR) is 109 cm³/mol. The van der Waals surface area contributed by atoms with Crippen LogP contribution in [0.2, 0.25) is 0 Å². The Hall–Kier alpha value is -3.74. The average molecular weight is 372 g/mol. The van der Waals surface area contributed by atoms with E-state index in [1.54, 1.807) is 30.3 Å². The lowest BCUT2D eigenvalue weighted by molar-refractivity contribution is 0.0955. The van der Waals surface area contributed by atoms with E-state index in [9.17, 15) is 4.79 Å². The van der Waals surface area contributed by atoms with E-state index in [0.29, 0.717) is 24.3 Å². The number of aromatic nitrogens is 4. The summed E-state index contributed by atoms with van der Waals surface area (Å²) in [6.45, 7) is 1.04. The molecule has 1 aromatic carbocycles. The van der Waals surface area contributed by atoms with Gasteiger partial charge in [0.15, 0.2) is 0 Å². The van der Waals surface area contributed by atoms with Crippen LogP contribution in [-0.4, -0.2) is 38.7 Å². The van der Waals surface area contributed by atoms with Crippen molar-refractivity contribution in [1.82, 2.24) is 25.1 Å². The summed E-state index contributed by atoms with van der Waals surface area (Å²) in [4.78, 5) is 21.2. The Morgan fingerprint density at radius 1 is 1.04 bits per heavy atom. The van der Waals surface area contributed by atoms with E-state index in [-0.39, 0.29) is 5.91 Å². The van der Waals surface area contributed by atoms with Crippen LogP contribution in [0.15, 0.2) is 67.1 Å². The van der Waals surface area contributed by atoms with Gasteiger partial charge < -0.3 is 10.6 Å². The number of carbonyl (C=O) groups is 1. The maximum atomic E-state index is 12.6. The van der Waals surface area contributed by atoms with Gasteiger partial charge in [-0.3, -0.25) is 14.5 Å². The zero-order valence-corrected chi connectivity index (χ0v) is 15.5. The number of para-hydroxylation sites is 1. The Morgan fingerprint density at radius 2 is 1.86 bits per heavy atom. The fraction of sp³-hybridized carbons (Fsp3) is 0.143. The van der Waals surface area contributed by atoms with Gasteiger partial charge in [0.1, 0.15) is 11.5 Å². The number of rotatable bonds is 6. The van der Waals surface area contributed by atoms with Gasteiger partial charge in [0.25, 0.3) is 5.91 Å². The standard InChI is InChI=1S/C21H20N6O/c1-27-14-17(20(26-27)16-8-10-22-11-9-16)21(28)24-13-12-23-19-7-6-15-4-2-3-5-18(15)25-19/h2-11,14H,12-13H2,1H3,(H,23,25)(H,24,28). The van der Waals surface area contributed by atoms with Gasteiger partial charge in [-0.2, -0.15) is 5.10 Å². The number of hydrogen-bond donors (Lipinski definition) is 2. The van der Waals surface area contributed by atoms with E-state index in [1.165, 1.54) is 0 Å². The van der Waals surface area contributed by atoms with Gasteiger partial charge >= 0.3 is 0 Å². The Balaban J connectivity index is 1.37. The number of benzene rings is 1. The lowest BCUT2D eigenvalue weighted by Crippen LogP contribution is -2.29. The van der Waals surface area contributed by atoms with Crippen molar-refractivity contribution in [3.05, 3.63) is 72.7 Å². The topological polar surface area (TPSA) is 84.7 Å². The van der Waals surface area contributed by atoms with Crippen LogP contribution in [-0.2, 0) is 7.05 Å². The molecule has 4 rings (SSSR count). The van der Waals surface area contributed by atoms with Crippen LogP contribution >= 0.6 is 0 Å². The number of fused-ring (bicyclic) bond motifs is 1. The summed E-state index contributed by atoms with van der Waals surface area (Å²) in [5.41, 5.74) is 2.98. The van der Waals surface area contributed by atoms with Crippen LogP contribution in [0.5, 0.6) is 0 Å². The highest BCUT2D eigenvalue weighted by atomic mass is 16.1. The molecule has 0 spiro atoms. The molecule has 2 N–H and O–H groups in total. The second-order valence-electron chi connectivity index (χ2n) is 6.37. The van der Waals surface area contributed by atoms with Crippen molar-refractivity contribution in [2.45, 2.75) is 0 Å². The van der Waals surface area contributed by atoms with Gasteiger partial charge in [-0.05, 0) is 30.3 Å². The average Bonchev–Trinajstić information content (AvgIpc) is 3.13. The Kier molecular flexibility index (Phi) is 4.97. The minimum atomic E-state index is -0.159. The Bertz CT molecular complexity index is 1110. The molecule has 3 aromatic heterocycles. The number of carbonyl (C=O) groups excluding carboxylic acids is 1. The fourth-order valence-corrected chi connectivity index (χ4v) is 3.00. The number of pyridine rings is 2. The molecule has 28 heavy (non-hydrogen) atoms.